The van der Waals surface area contributed by atoms with E-state index in [-0.39, 0.29) is 0 Å². The quantitative estimate of drug-likeness (QED) is 0.640. The van der Waals surface area contributed by atoms with Crippen LogP contribution in [0.15, 0.2) is 34.9 Å². The smallest absolute Gasteiger partial charge is 0.154 e. The molecule has 2 heterocycles. The first-order valence-electron chi connectivity index (χ1n) is 3.71. The van der Waals surface area contributed by atoms with Crippen LogP contribution in [-0.4, -0.2) is 10.2 Å². The highest BCUT2D eigenvalue weighted by atomic mass is 16.3. The van der Waals surface area contributed by atoms with Gasteiger partial charge in [-0.05, 0) is 31.2 Å². The molecule has 0 unspecified atom stereocenters. The van der Waals surface area contributed by atoms with Gasteiger partial charge in [-0.3, -0.25) is 0 Å². The Labute approximate surface area is 70.1 Å². The van der Waals surface area contributed by atoms with E-state index in [1.165, 1.54) is 0 Å². The van der Waals surface area contributed by atoms with Gasteiger partial charge in [0.1, 0.15) is 11.5 Å². The van der Waals surface area contributed by atoms with Crippen molar-refractivity contribution in [2.45, 2.75) is 6.92 Å². The van der Waals surface area contributed by atoms with E-state index in [1.54, 1.807) is 6.20 Å². The lowest BCUT2D eigenvalue weighted by atomic mass is 10.3. The maximum absolute atomic E-state index is 5.37. The Balaban J connectivity index is 2.45. The van der Waals surface area contributed by atoms with Crippen molar-refractivity contribution in [1.82, 2.24) is 10.2 Å². The first-order chi connectivity index (χ1) is 5.86. The molecule has 3 heteroatoms. The number of nitrogens with zero attached hydrogens (tertiary/aromatic N) is 2. The van der Waals surface area contributed by atoms with Crippen LogP contribution in [0.5, 0.6) is 0 Å². The Morgan fingerprint density at radius 1 is 1.25 bits per heavy atom. The van der Waals surface area contributed by atoms with Gasteiger partial charge >= 0.3 is 0 Å². The second-order valence-corrected chi connectivity index (χ2v) is 2.52. The molecule has 2 aromatic heterocycles. The third-order valence-corrected chi connectivity index (χ3v) is 1.57. The second-order valence-electron chi connectivity index (χ2n) is 2.52. The molecule has 0 fully saturated rings. The molecule has 0 atom stereocenters. The highest BCUT2D eigenvalue weighted by Gasteiger charge is 2.01. The van der Waals surface area contributed by atoms with Gasteiger partial charge in [-0.25, -0.2) is 0 Å². The Morgan fingerprint density at radius 3 is 2.75 bits per heavy atom. The van der Waals surface area contributed by atoms with Crippen LogP contribution in [0.1, 0.15) is 5.76 Å². The van der Waals surface area contributed by atoms with E-state index in [0.717, 1.165) is 17.2 Å². The number of furan rings is 1. The molecule has 3 nitrogen and oxygen atoms in total. The molecule has 0 N–H and O–H groups in total. The summed E-state index contributed by atoms with van der Waals surface area (Å²) in [6.45, 7) is 1.90. The Morgan fingerprint density at radius 2 is 2.17 bits per heavy atom. The minimum atomic E-state index is 0.764. The minimum Gasteiger partial charge on any atom is -0.460 e. The van der Waals surface area contributed by atoms with Gasteiger partial charge in [0.15, 0.2) is 5.76 Å². The standard InChI is InChI=1S/C9H8N2O/c1-7-4-5-9(12-7)8-3-2-6-10-11-8/h2-6H,1H3. The lowest BCUT2D eigenvalue weighted by Gasteiger charge is -1.91. The average Bonchev–Trinajstić information content (AvgIpc) is 2.54. The van der Waals surface area contributed by atoms with Crippen LogP contribution in [0.2, 0.25) is 0 Å². The molecular formula is C9H8N2O. The summed E-state index contributed by atoms with van der Waals surface area (Å²) in [5.74, 6) is 1.65. The van der Waals surface area contributed by atoms with Crippen molar-refractivity contribution in [3.63, 3.8) is 0 Å². The van der Waals surface area contributed by atoms with Crippen LogP contribution in [0.25, 0.3) is 11.5 Å². The number of rotatable bonds is 1. The molecule has 0 saturated carbocycles. The van der Waals surface area contributed by atoms with Gasteiger partial charge in [0, 0.05) is 6.20 Å². The van der Waals surface area contributed by atoms with Crippen molar-refractivity contribution in [1.29, 1.82) is 0 Å². The van der Waals surface area contributed by atoms with E-state index in [1.807, 2.05) is 31.2 Å². The van der Waals surface area contributed by atoms with Crippen LogP contribution < -0.4 is 0 Å². The number of aryl methyl sites for hydroxylation is 1. The minimum absolute atomic E-state index is 0.764. The van der Waals surface area contributed by atoms with Gasteiger partial charge < -0.3 is 4.42 Å². The van der Waals surface area contributed by atoms with Gasteiger partial charge in [0.25, 0.3) is 0 Å². The molecule has 0 bridgehead atoms. The molecule has 0 aliphatic carbocycles. The summed E-state index contributed by atoms with van der Waals surface area (Å²) in [6, 6.07) is 7.49. The van der Waals surface area contributed by atoms with E-state index in [2.05, 4.69) is 10.2 Å². The van der Waals surface area contributed by atoms with Gasteiger partial charge in [0.2, 0.25) is 0 Å². The summed E-state index contributed by atoms with van der Waals surface area (Å²) in [4.78, 5) is 0. The molecule has 0 amide bonds. The zero-order valence-corrected chi connectivity index (χ0v) is 6.69. The Bertz CT molecular complexity index is 367. The van der Waals surface area contributed by atoms with E-state index < -0.39 is 0 Å². The lowest BCUT2D eigenvalue weighted by Crippen LogP contribution is -1.82. The summed E-state index contributed by atoms with van der Waals surface area (Å²) >= 11 is 0. The molecule has 0 saturated heterocycles. The van der Waals surface area contributed by atoms with Crippen LogP contribution >= 0.6 is 0 Å². The van der Waals surface area contributed by atoms with E-state index in [9.17, 15) is 0 Å². The summed E-state index contributed by atoms with van der Waals surface area (Å²) < 4.78 is 5.37. The van der Waals surface area contributed by atoms with Crippen LogP contribution in [0.4, 0.5) is 0 Å². The first kappa shape index (κ1) is 7.03. The summed E-state index contributed by atoms with van der Waals surface area (Å²) in [5.41, 5.74) is 0.769. The van der Waals surface area contributed by atoms with Gasteiger partial charge in [0.05, 0.1) is 0 Å². The van der Waals surface area contributed by atoms with E-state index in [0.29, 0.717) is 0 Å². The summed E-state index contributed by atoms with van der Waals surface area (Å²) in [7, 11) is 0. The van der Waals surface area contributed by atoms with Gasteiger partial charge in [-0.15, -0.1) is 5.10 Å². The molecule has 0 aliphatic heterocycles. The molecule has 12 heavy (non-hydrogen) atoms. The fraction of sp³-hybridized carbons (Fsp3) is 0.111. The van der Waals surface area contributed by atoms with Gasteiger partial charge in [-0.1, -0.05) is 0 Å². The van der Waals surface area contributed by atoms with Crippen molar-refractivity contribution >= 4 is 0 Å². The van der Waals surface area contributed by atoms with Gasteiger partial charge in [-0.2, -0.15) is 5.10 Å². The zero-order valence-electron chi connectivity index (χ0n) is 6.69. The monoisotopic (exact) mass is 160 g/mol. The second kappa shape index (κ2) is 2.77. The molecule has 60 valence electrons. The molecule has 0 spiro atoms. The largest absolute Gasteiger partial charge is 0.460 e. The average molecular weight is 160 g/mol. The SMILES string of the molecule is Cc1ccc(-c2cccnn2)o1. The fourth-order valence-electron chi connectivity index (χ4n) is 1.01. The molecular weight excluding hydrogens is 152 g/mol. The van der Waals surface area contributed by atoms with Crippen LogP contribution in [0.3, 0.4) is 0 Å². The zero-order chi connectivity index (χ0) is 8.39. The topological polar surface area (TPSA) is 38.9 Å². The normalized spacial score (nSPS) is 10.1. The molecule has 2 aromatic rings. The maximum atomic E-state index is 5.37. The lowest BCUT2D eigenvalue weighted by molar-refractivity contribution is 0.545. The molecule has 0 aromatic carbocycles. The summed E-state index contributed by atoms with van der Waals surface area (Å²) in [6.07, 6.45) is 1.64. The van der Waals surface area contributed by atoms with Crippen molar-refractivity contribution in [3.8, 4) is 11.5 Å². The fourth-order valence-corrected chi connectivity index (χ4v) is 1.01. The molecule has 2 rings (SSSR count). The predicted octanol–water partition coefficient (Wildman–Crippen LogP) is 2.05. The van der Waals surface area contributed by atoms with Crippen molar-refractivity contribution < 1.29 is 4.42 Å². The summed E-state index contributed by atoms with van der Waals surface area (Å²) in [5, 5.41) is 7.68. The van der Waals surface area contributed by atoms with Crippen LogP contribution in [-0.2, 0) is 0 Å². The maximum Gasteiger partial charge on any atom is 0.154 e. The highest BCUT2D eigenvalue weighted by molar-refractivity contribution is 5.50. The predicted molar refractivity (Wildman–Crippen MR) is 44.5 cm³/mol. The molecule has 0 radical (unpaired) electrons. The van der Waals surface area contributed by atoms with Crippen molar-refractivity contribution in [2.24, 2.45) is 0 Å². The number of hydrogen-bond acceptors (Lipinski definition) is 3. The van der Waals surface area contributed by atoms with E-state index >= 15 is 0 Å². The third-order valence-electron chi connectivity index (χ3n) is 1.57. The number of aromatic nitrogens is 2. The highest BCUT2D eigenvalue weighted by Crippen LogP contribution is 2.17. The first-order valence-corrected chi connectivity index (χ1v) is 3.71. The number of hydrogen-bond donors (Lipinski definition) is 0. The molecule has 0 aliphatic rings. The van der Waals surface area contributed by atoms with Crippen LogP contribution in [0, 0.1) is 6.92 Å². The Kier molecular flexibility index (Phi) is 1.63. The Hall–Kier alpha value is -1.64. The van der Waals surface area contributed by atoms with Crippen molar-refractivity contribution in [2.75, 3.05) is 0 Å². The van der Waals surface area contributed by atoms with E-state index in [4.69, 9.17) is 4.42 Å². The van der Waals surface area contributed by atoms with Crippen molar-refractivity contribution in [3.05, 3.63) is 36.2 Å². The third kappa shape index (κ3) is 1.21.